The maximum Gasteiger partial charge on any atom is 0.267 e. The Hall–Kier alpha value is -1.95. The van der Waals surface area contributed by atoms with Gasteiger partial charge in [0.05, 0.1) is 12.2 Å². The van der Waals surface area contributed by atoms with Gasteiger partial charge < -0.3 is 16.2 Å². The van der Waals surface area contributed by atoms with Gasteiger partial charge in [0.1, 0.15) is 5.69 Å². The van der Waals surface area contributed by atoms with E-state index in [1.165, 1.54) is 12.3 Å². The summed E-state index contributed by atoms with van der Waals surface area (Å²) >= 11 is 0. The molecule has 0 aliphatic rings. The van der Waals surface area contributed by atoms with Crippen LogP contribution in [0.2, 0.25) is 0 Å². The van der Waals surface area contributed by atoms with Crippen molar-refractivity contribution in [2.75, 3.05) is 13.2 Å². The highest BCUT2D eigenvalue weighted by Gasteiger charge is 2.09. The SMILES string of the molecule is NC(=O)c1[c]c(C(=O)NCCO)ccn1. The molecule has 0 bridgehead atoms. The van der Waals surface area contributed by atoms with Gasteiger partial charge in [0.15, 0.2) is 0 Å². The molecular weight excluding hydrogens is 198 g/mol. The monoisotopic (exact) mass is 208 g/mol. The van der Waals surface area contributed by atoms with Crippen molar-refractivity contribution in [3.05, 3.63) is 29.6 Å². The lowest BCUT2D eigenvalue weighted by Crippen LogP contribution is -2.27. The first-order valence-corrected chi connectivity index (χ1v) is 4.22. The molecule has 79 valence electrons. The normalized spacial score (nSPS) is 9.67. The van der Waals surface area contributed by atoms with Crippen LogP contribution >= 0.6 is 0 Å². The number of hydrogen-bond donors (Lipinski definition) is 3. The number of nitrogens with two attached hydrogens (primary N) is 1. The molecule has 1 aromatic rings. The minimum absolute atomic E-state index is 0.0911. The van der Waals surface area contributed by atoms with Gasteiger partial charge in [0, 0.05) is 18.8 Å². The first-order chi connectivity index (χ1) is 7.15. The molecule has 1 radical (unpaired) electrons. The van der Waals surface area contributed by atoms with Crippen LogP contribution in [0.15, 0.2) is 12.3 Å². The van der Waals surface area contributed by atoms with E-state index in [1.807, 2.05) is 0 Å². The topological polar surface area (TPSA) is 105 Å². The third kappa shape index (κ3) is 3.03. The lowest BCUT2D eigenvalue weighted by molar-refractivity contribution is 0.0944. The van der Waals surface area contributed by atoms with Crippen LogP contribution < -0.4 is 11.1 Å². The third-order valence-electron chi connectivity index (χ3n) is 1.57. The molecule has 2 amide bonds. The average molecular weight is 208 g/mol. The van der Waals surface area contributed by atoms with Crippen LogP contribution in [0.1, 0.15) is 20.8 Å². The number of nitrogens with zero attached hydrogens (tertiary/aromatic N) is 1. The second kappa shape index (κ2) is 5.06. The Bertz CT molecular complexity index is 379. The highest BCUT2D eigenvalue weighted by atomic mass is 16.3. The molecule has 0 spiro atoms. The van der Waals surface area contributed by atoms with E-state index in [9.17, 15) is 9.59 Å². The molecule has 1 rings (SSSR count). The van der Waals surface area contributed by atoms with Crippen LogP contribution in [-0.4, -0.2) is 35.1 Å². The summed E-state index contributed by atoms with van der Waals surface area (Å²) in [7, 11) is 0. The maximum atomic E-state index is 11.3. The molecule has 0 aliphatic carbocycles. The Labute approximate surface area is 86.1 Å². The van der Waals surface area contributed by atoms with E-state index in [0.717, 1.165) is 0 Å². The molecule has 15 heavy (non-hydrogen) atoms. The van der Waals surface area contributed by atoms with Crippen LogP contribution in [0, 0.1) is 6.07 Å². The third-order valence-corrected chi connectivity index (χ3v) is 1.57. The van der Waals surface area contributed by atoms with Crippen LogP contribution in [0.25, 0.3) is 0 Å². The molecule has 0 saturated heterocycles. The Morgan fingerprint density at radius 3 is 2.93 bits per heavy atom. The minimum atomic E-state index is -0.744. The largest absolute Gasteiger partial charge is 0.395 e. The number of rotatable bonds is 4. The van der Waals surface area contributed by atoms with Crippen molar-refractivity contribution in [2.45, 2.75) is 0 Å². The Morgan fingerprint density at radius 2 is 2.33 bits per heavy atom. The summed E-state index contributed by atoms with van der Waals surface area (Å²) in [6.07, 6.45) is 1.30. The van der Waals surface area contributed by atoms with Crippen LogP contribution in [-0.2, 0) is 0 Å². The van der Waals surface area contributed by atoms with Crippen LogP contribution in [0.5, 0.6) is 0 Å². The number of pyridine rings is 1. The summed E-state index contributed by atoms with van der Waals surface area (Å²) in [5.74, 6) is -1.18. The summed E-state index contributed by atoms with van der Waals surface area (Å²) in [6, 6.07) is 3.88. The molecule has 0 unspecified atom stereocenters. The van der Waals surface area contributed by atoms with E-state index in [2.05, 4.69) is 16.4 Å². The first kappa shape index (κ1) is 11.1. The molecule has 0 saturated carbocycles. The predicted octanol–water partition coefficient (Wildman–Crippen LogP) is -1.30. The van der Waals surface area contributed by atoms with Gasteiger partial charge in [-0.1, -0.05) is 0 Å². The zero-order valence-corrected chi connectivity index (χ0v) is 7.86. The van der Waals surface area contributed by atoms with Crippen molar-refractivity contribution in [3.8, 4) is 0 Å². The number of amides is 2. The van der Waals surface area contributed by atoms with Gasteiger partial charge >= 0.3 is 0 Å². The summed E-state index contributed by atoms with van der Waals surface area (Å²) in [4.78, 5) is 25.7. The number of hydrogen-bond acceptors (Lipinski definition) is 4. The number of carbonyl (C=O) groups is 2. The lowest BCUT2D eigenvalue weighted by atomic mass is 10.2. The van der Waals surface area contributed by atoms with Crippen molar-refractivity contribution in [2.24, 2.45) is 5.73 Å². The van der Waals surface area contributed by atoms with Gasteiger partial charge in [-0.15, -0.1) is 0 Å². The molecule has 0 fully saturated rings. The number of primary amides is 1. The Kier molecular flexibility index (Phi) is 3.75. The Morgan fingerprint density at radius 1 is 1.60 bits per heavy atom. The molecular formula is C9H10N3O3. The highest BCUT2D eigenvalue weighted by Crippen LogP contribution is 1.99. The zero-order valence-electron chi connectivity index (χ0n) is 7.86. The van der Waals surface area contributed by atoms with Crippen LogP contribution in [0.3, 0.4) is 0 Å². The maximum absolute atomic E-state index is 11.3. The van der Waals surface area contributed by atoms with Crippen molar-refractivity contribution in [3.63, 3.8) is 0 Å². The number of carbonyl (C=O) groups excluding carboxylic acids is 2. The molecule has 6 heteroatoms. The summed E-state index contributed by atoms with van der Waals surface area (Å²) in [5, 5.41) is 10.9. The smallest absolute Gasteiger partial charge is 0.267 e. The van der Waals surface area contributed by atoms with Crippen molar-refractivity contribution >= 4 is 11.8 Å². The molecule has 1 heterocycles. The number of nitrogens with one attached hydrogen (secondary N) is 1. The lowest BCUT2D eigenvalue weighted by Gasteiger charge is -2.02. The number of aromatic nitrogens is 1. The molecule has 0 atom stereocenters. The average Bonchev–Trinajstić information content (AvgIpc) is 2.26. The molecule has 0 aromatic carbocycles. The molecule has 1 aromatic heterocycles. The molecule has 0 aliphatic heterocycles. The van der Waals surface area contributed by atoms with Gasteiger partial charge in [-0.3, -0.25) is 14.6 Å². The van der Waals surface area contributed by atoms with E-state index in [1.54, 1.807) is 0 Å². The van der Waals surface area contributed by atoms with Gasteiger partial charge in [0.2, 0.25) is 0 Å². The number of aliphatic hydroxyl groups is 1. The fourth-order valence-electron chi connectivity index (χ4n) is 0.910. The van der Waals surface area contributed by atoms with E-state index < -0.39 is 11.8 Å². The van der Waals surface area contributed by atoms with Crippen molar-refractivity contribution in [1.29, 1.82) is 0 Å². The summed E-state index contributed by atoms with van der Waals surface area (Å²) in [6.45, 7) is -0.0135. The predicted molar refractivity (Wildman–Crippen MR) is 51.0 cm³/mol. The zero-order chi connectivity index (χ0) is 11.3. The van der Waals surface area contributed by atoms with Gasteiger partial charge in [0.25, 0.3) is 11.8 Å². The second-order valence-corrected chi connectivity index (χ2v) is 2.68. The van der Waals surface area contributed by atoms with Gasteiger partial charge in [-0.2, -0.15) is 0 Å². The quantitative estimate of drug-likeness (QED) is 0.572. The fourth-order valence-corrected chi connectivity index (χ4v) is 0.910. The second-order valence-electron chi connectivity index (χ2n) is 2.68. The molecule has 6 nitrogen and oxygen atoms in total. The fraction of sp³-hybridized carbons (Fsp3) is 0.222. The van der Waals surface area contributed by atoms with E-state index >= 15 is 0 Å². The van der Waals surface area contributed by atoms with Crippen LogP contribution in [0.4, 0.5) is 0 Å². The minimum Gasteiger partial charge on any atom is -0.395 e. The first-order valence-electron chi connectivity index (χ1n) is 4.22. The van der Waals surface area contributed by atoms with Gasteiger partial charge in [-0.25, -0.2) is 0 Å². The highest BCUT2D eigenvalue weighted by molar-refractivity contribution is 5.97. The van der Waals surface area contributed by atoms with E-state index in [-0.39, 0.29) is 24.4 Å². The van der Waals surface area contributed by atoms with E-state index in [4.69, 9.17) is 10.8 Å². The van der Waals surface area contributed by atoms with Crippen molar-refractivity contribution < 1.29 is 14.7 Å². The van der Waals surface area contributed by atoms with E-state index in [0.29, 0.717) is 0 Å². The molecule has 4 N–H and O–H groups in total. The van der Waals surface area contributed by atoms with Crippen molar-refractivity contribution in [1.82, 2.24) is 10.3 Å². The Balaban J connectivity index is 2.81. The summed E-state index contributed by atoms with van der Waals surface area (Å²) in [5.41, 5.74) is 5.05. The standard InChI is InChI=1S/C9H10N3O3/c10-8(14)7-5-6(1-2-11-7)9(15)12-3-4-13/h1-2,13H,3-4H2,(H2,10,14)(H,12,15). The van der Waals surface area contributed by atoms with Gasteiger partial charge in [-0.05, 0) is 6.07 Å². The number of aliphatic hydroxyl groups excluding tert-OH is 1. The summed E-state index contributed by atoms with van der Waals surface area (Å²) < 4.78 is 0.